The first kappa shape index (κ1) is 16.5. The van der Waals surface area contributed by atoms with E-state index in [-0.39, 0.29) is 12.1 Å². The number of hydrogen-bond donors (Lipinski definition) is 2. The van der Waals surface area contributed by atoms with Crippen molar-refractivity contribution < 1.29 is 4.79 Å². The van der Waals surface area contributed by atoms with Crippen LogP contribution in [0.3, 0.4) is 0 Å². The lowest BCUT2D eigenvalue weighted by molar-refractivity contribution is 0.227. The van der Waals surface area contributed by atoms with Crippen molar-refractivity contribution in [3.63, 3.8) is 0 Å². The Morgan fingerprint density at radius 1 is 1.25 bits per heavy atom. The molecule has 6 nitrogen and oxygen atoms in total. The predicted octanol–water partition coefficient (Wildman–Crippen LogP) is 2.69. The Bertz CT molecular complexity index is 676. The first-order chi connectivity index (χ1) is 11.6. The van der Waals surface area contributed by atoms with Gasteiger partial charge in [-0.3, -0.25) is 14.9 Å². The molecule has 24 heavy (non-hydrogen) atoms. The number of anilines is 1. The van der Waals surface area contributed by atoms with Gasteiger partial charge in [0.1, 0.15) is 5.82 Å². The van der Waals surface area contributed by atoms with Crippen molar-refractivity contribution in [1.82, 2.24) is 20.0 Å². The minimum atomic E-state index is -0.196. The smallest absolute Gasteiger partial charge is 0.320 e. The number of rotatable bonds is 5. The van der Waals surface area contributed by atoms with Crippen molar-refractivity contribution >= 4 is 11.8 Å². The van der Waals surface area contributed by atoms with Crippen molar-refractivity contribution in [1.29, 1.82) is 0 Å². The molecule has 1 aliphatic heterocycles. The van der Waals surface area contributed by atoms with Gasteiger partial charge in [0.05, 0.1) is 11.7 Å². The summed E-state index contributed by atoms with van der Waals surface area (Å²) in [5.74, 6) is 0.697. The Morgan fingerprint density at radius 2 is 1.96 bits per heavy atom. The second-order valence-corrected chi connectivity index (χ2v) is 6.30. The second kappa shape index (κ2) is 7.49. The topological polar surface area (TPSA) is 62.2 Å². The quantitative estimate of drug-likeness (QED) is 0.887. The van der Waals surface area contributed by atoms with Crippen LogP contribution in [0.1, 0.15) is 30.1 Å². The van der Waals surface area contributed by atoms with Gasteiger partial charge in [0.2, 0.25) is 0 Å². The van der Waals surface area contributed by atoms with E-state index in [0.717, 1.165) is 18.8 Å². The van der Waals surface area contributed by atoms with Gasteiger partial charge in [-0.2, -0.15) is 5.10 Å². The zero-order valence-electron chi connectivity index (χ0n) is 14.3. The summed E-state index contributed by atoms with van der Waals surface area (Å²) in [6, 6.07) is 12.3. The molecule has 2 N–H and O–H groups in total. The van der Waals surface area contributed by atoms with Gasteiger partial charge < -0.3 is 5.32 Å². The highest BCUT2D eigenvalue weighted by molar-refractivity contribution is 5.88. The maximum absolute atomic E-state index is 12.2. The van der Waals surface area contributed by atoms with Crippen molar-refractivity contribution in [3.8, 4) is 0 Å². The molecule has 128 valence electrons. The Labute approximate surface area is 142 Å². The molecule has 2 aromatic rings. The van der Waals surface area contributed by atoms with E-state index >= 15 is 0 Å². The Morgan fingerprint density at radius 3 is 2.58 bits per heavy atom. The maximum atomic E-state index is 12.2. The zero-order valence-corrected chi connectivity index (χ0v) is 14.3. The highest BCUT2D eigenvalue weighted by Gasteiger charge is 2.23. The summed E-state index contributed by atoms with van der Waals surface area (Å²) in [4.78, 5) is 14.7. The van der Waals surface area contributed by atoms with Crippen LogP contribution >= 0.6 is 0 Å². The minimum Gasteiger partial charge on any atom is -0.336 e. The molecule has 3 rings (SSSR count). The van der Waals surface area contributed by atoms with E-state index < -0.39 is 0 Å². The third-order valence-corrected chi connectivity index (χ3v) is 4.47. The molecule has 2 amide bonds. The Kier molecular flexibility index (Phi) is 5.15. The summed E-state index contributed by atoms with van der Waals surface area (Å²) >= 11 is 0. The van der Waals surface area contributed by atoms with Crippen LogP contribution in [0, 0.1) is 6.92 Å². The Hall–Kier alpha value is -2.34. The molecule has 1 aliphatic rings. The number of hydrogen-bond acceptors (Lipinski definition) is 3. The fraction of sp³-hybridized carbons (Fsp3) is 0.444. The summed E-state index contributed by atoms with van der Waals surface area (Å²) in [5.41, 5.74) is 2.13. The number of nitrogens with one attached hydrogen (secondary N) is 2. The molecule has 1 saturated heterocycles. The first-order valence-electron chi connectivity index (χ1n) is 8.48. The fourth-order valence-corrected chi connectivity index (χ4v) is 3.26. The molecule has 0 aliphatic carbocycles. The molecule has 1 aromatic heterocycles. The van der Waals surface area contributed by atoms with Crippen molar-refractivity contribution in [2.45, 2.75) is 25.8 Å². The average Bonchev–Trinajstić information content (AvgIpc) is 3.19. The molecule has 6 heteroatoms. The van der Waals surface area contributed by atoms with Crippen LogP contribution in [-0.2, 0) is 7.05 Å². The number of nitrogens with zero attached hydrogens (tertiary/aromatic N) is 3. The lowest BCUT2D eigenvalue weighted by Crippen LogP contribution is -2.38. The van der Waals surface area contributed by atoms with Gasteiger partial charge in [0, 0.05) is 19.7 Å². The highest BCUT2D eigenvalue weighted by Crippen LogP contribution is 2.24. The number of aryl methyl sites for hydroxylation is 2. The average molecular weight is 327 g/mol. The van der Waals surface area contributed by atoms with E-state index in [2.05, 4.69) is 44.9 Å². The minimum absolute atomic E-state index is 0.196. The molecule has 1 fully saturated rings. The van der Waals surface area contributed by atoms with Gasteiger partial charge in [-0.05, 0) is 38.4 Å². The summed E-state index contributed by atoms with van der Waals surface area (Å²) in [5, 5.41) is 10.1. The molecule has 0 unspecified atom stereocenters. The first-order valence-corrected chi connectivity index (χ1v) is 8.48. The molecule has 0 saturated carbocycles. The van der Waals surface area contributed by atoms with Crippen LogP contribution in [0.2, 0.25) is 0 Å². The van der Waals surface area contributed by atoms with Crippen LogP contribution in [0.5, 0.6) is 0 Å². The van der Waals surface area contributed by atoms with E-state index in [9.17, 15) is 4.79 Å². The van der Waals surface area contributed by atoms with E-state index in [1.165, 1.54) is 18.4 Å². The van der Waals surface area contributed by atoms with Crippen molar-refractivity contribution in [3.05, 3.63) is 47.7 Å². The van der Waals surface area contributed by atoms with E-state index in [4.69, 9.17) is 0 Å². The van der Waals surface area contributed by atoms with E-state index in [1.807, 2.05) is 26.1 Å². The van der Waals surface area contributed by atoms with Crippen LogP contribution in [0.15, 0.2) is 36.4 Å². The van der Waals surface area contributed by atoms with Gasteiger partial charge in [0.15, 0.2) is 0 Å². The molecule has 0 radical (unpaired) electrons. The van der Waals surface area contributed by atoms with E-state index in [0.29, 0.717) is 12.4 Å². The third kappa shape index (κ3) is 3.94. The van der Waals surface area contributed by atoms with Crippen LogP contribution < -0.4 is 10.6 Å². The van der Waals surface area contributed by atoms with Crippen LogP contribution in [-0.4, -0.2) is 40.3 Å². The van der Waals surface area contributed by atoms with Crippen LogP contribution in [0.25, 0.3) is 0 Å². The molecule has 1 atom stereocenters. The predicted molar refractivity (Wildman–Crippen MR) is 95.0 cm³/mol. The van der Waals surface area contributed by atoms with Gasteiger partial charge in [-0.15, -0.1) is 0 Å². The Balaban J connectivity index is 1.62. The van der Waals surface area contributed by atoms with Crippen molar-refractivity contribution in [2.24, 2.45) is 7.05 Å². The van der Waals surface area contributed by atoms with E-state index in [1.54, 1.807) is 4.68 Å². The SMILES string of the molecule is Cc1cc(NC(=O)NC[C@@H](c2ccccc2)N2CCCC2)n(C)n1. The molecule has 2 heterocycles. The van der Waals surface area contributed by atoms with Crippen molar-refractivity contribution in [2.75, 3.05) is 25.0 Å². The highest BCUT2D eigenvalue weighted by atomic mass is 16.2. The summed E-state index contributed by atoms with van der Waals surface area (Å²) < 4.78 is 1.67. The number of carbonyl (C=O) groups excluding carboxylic acids is 1. The molecule has 1 aromatic carbocycles. The van der Waals surface area contributed by atoms with Gasteiger partial charge in [-0.25, -0.2) is 4.79 Å². The fourth-order valence-electron chi connectivity index (χ4n) is 3.26. The normalized spacial score (nSPS) is 16.1. The molecule has 0 bridgehead atoms. The largest absolute Gasteiger partial charge is 0.336 e. The standard InChI is InChI=1S/C18H25N5O/c1-14-12-17(22(2)21-14)20-18(24)19-13-16(23-10-6-7-11-23)15-8-4-3-5-9-15/h3-5,8-9,12,16H,6-7,10-11,13H2,1-2H3,(H2,19,20,24)/t16-/m0/s1. The maximum Gasteiger partial charge on any atom is 0.320 e. The molecule has 0 spiro atoms. The summed E-state index contributed by atoms with van der Waals surface area (Å²) in [6.07, 6.45) is 2.45. The molecular weight excluding hydrogens is 302 g/mol. The molecular formula is C18H25N5O. The number of aromatic nitrogens is 2. The number of benzene rings is 1. The summed E-state index contributed by atoms with van der Waals surface area (Å²) in [7, 11) is 1.82. The van der Waals surface area contributed by atoms with Gasteiger partial charge in [0.25, 0.3) is 0 Å². The van der Waals surface area contributed by atoms with Gasteiger partial charge >= 0.3 is 6.03 Å². The van der Waals surface area contributed by atoms with Crippen LogP contribution in [0.4, 0.5) is 10.6 Å². The lowest BCUT2D eigenvalue weighted by Gasteiger charge is -2.28. The zero-order chi connectivity index (χ0) is 16.9. The number of urea groups is 1. The van der Waals surface area contributed by atoms with Gasteiger partial charge in [-0.1, -0.05) is 30.3 Å². The number of amides is 2. The third-order valence-electron chi connectivity index (χ3n) is 4.47. The summed E-state index contributed by atoms with van der Waals surface area (Å²) in [6.45, 7) is 4.67. The lowest BCUT2D eigenvalue weighted by atomic mass is 10.1. The number of likely N-dealkylation sites (tertiary alicyclic amines) is 1. The number of carbonyl (C=O) groups is 1. The second-order valence-electron chi connectivity index (χ2n) is 6.30. The monoisotopic (exact) mass is 327 g/mol.